The van der Waals surface area contributed by atoms with Crippen LogP contribution in [0.25, 0.3) is 22.6 Å². The second-order valence-electron chi connectivity index (χ2n) is 6.57. The second kappa shape index (κ2) is 6.29. The van der Waals surface area contributed by atoms with E-state index in [4.69, 9.17) is 9.72 Å². The first-order chi connectivity index (χ1) is 12.6. The maximum absolute atomic E-state index is 5.49. The second-order valence-corrected chi connectivity index (χ2v) is 6.57. The predicted molar refractivity (Wildman–Crippen MR) is 98.1 cm³/mol. The van der Waals surface area contributed by atoms with Gasteiger partial charge < -0.3 is 9.72 Å². The number of rotatable bonds is 5. The van der Waals surface area contributed by atoms with E-state index in [1.54, 1.807) is 18.1 Å². The van der Waals surface area contributed by atoms with Crippen LogP contribution in [0.5, 0.6) is 5.75 Å². The first-order valence-electron chi connectivity index (χ1n) is 8.49. The summed E-state index contributed by atoms with van der Waals surface area (Å²) in [5, 5.41) is 8.74. The van der Waals surface area contributed by atoms with Crippen LogP contribution in [0.2, 0.25) is 0 Å². The number of aromatic amines is 1. The molecule has 0 atom stereocenters. The predicted octanol–water partition coefficient (Wildman–Crippen LogP) is 2.74. The number of methoxy groups -OCH3 is 1. The van der Waals surface area contributed by atoms with E-state index in [-0.39, 0.29) is 0 Å². The van der Waals surface area contributed by atoms with E-state index < -0.39 is 0 Å². The number of aromatic nitrogens is 7. The van der Waals surface area contributed by atoms with Crippen LogP contribution < -0.4 is 4.74 Å². The van der Waals surface area contributed by atoms with Crippen molar-refractivity contribution in [2.45, 2.75) is 26.3 Å². The first kappa shape index (κ1) is 16.3. The molecule has 0 spiro atoms. The molecule has 0 bridgehead atoms. The van der Waals surface area contributed by atoms with Gasteiger partial charge in [-0.05, 0) is 24.1 Å². The highest BCUT2D eigenvalue weighted by molar-refractivity contribution is 5.79. The van der Waals surface area contributed by atoms with Gasteiger partial charge in [-0.1, -0.05) is 13.8 Å². The van der Waals surface area contributed by atoms with E-state index in [2.05, 4.69) is 40.1 Å². The topological polar surface area (TPSA) is 86.4 Å². The van der Waals surface area contributed by atoms with Gasteiger partial charge in [0.1, 0.15) is 29.7 Å². The molecule has 1 aromatic carbocycles. The molecule has 1 N–H and O–H groups in total. The average molecular weight is 351 g/mol. The van der Waals surface area contributed by atoms with Crippen LogP contribution in [0, 0.1) is 0 Å². The largest absolute Gasteiger partial charge is 0.496 e. The summed E-state index contributed by atoms with van der Waals surface area (Å²) < 4.78 is 9.08. The summed E-state index contributed by atoms with van der Waals surface area (Å²) in [6.45, 7) is 4.84. The highest BCUT2D eigenvalue weighted by Gasteiger charge is 2.17. The number of nitrogens with one attached hydrogen (secondary N) is 1. The Hall–Kier alpha value is -3.16. The molecule has 8 nitrogen and oxygen atoms in total. The lowest BCUT2D eigenvalue weighted by atomic mass is 10.1. The smallest absolute Gasteiger partial charge is 0.176 e. The minimum absolute atomic E-state index is 0.325. The molecule has 4 rings (SSSR count). The van der Waals surface area contributed by atoms with Gasteiger partial charge in [-0.15, -0.1) is 0 Å². The molecule has 3 heterocycles. The van der Waals surface area contributed by atoms with Crippen molar-refractivity contribution < 1.29 is 4.74 Å². The van der Waals surface area contributed by atoms with Crippen LogP contribution in [-0.2, 0) is 13.6 Å². The standard InChI is InChI=1S/C18H21N7O/c1-11(2)15-16-18(24(3)23-15)22-17(21-16)12-5-6-14(26-4)13(7-12)8-25-10-19-9-20-25/h5-7,9-11H,8H2,1-4H3,(H,21,22). The number of nitrogens with zero attached hydrogens (tertiary/aromatic N) is 6. The maximum Gasteiger partial charge on any atom is 0.176 e. The molecule has 0 radical (unpaired) electrons. The SMILES string of the molecule is COc1ccc(-c2nc3c([nH]2)c(C(C)C)nn3C)cc1Cn1cncn1. The van der Waals surface area contributed by atoms with E-state index in [1.165, 1.54) is 6.33 Å². The Labute approximate surface area is 150 Å². The summed E-state index contributed by atoms with van der Waals surface area (Å²) in [7, 11) is 3.59. The Balaban J connectivity index is 1.78. The normalized spacial score (nSPS) is 11.6. The Morgan fingerprint density at radius 2 is 2.12 bits per heavy atom. The number of benzene rings is 1. The number of H-pyrrole nitrogens is 1. The summed E-state index contributed by atoms with van der Waals surface area (Å²) in [4.78, 5) is 12.2. The van der Waals surface area contributed by atoms with Crippen molar-refractivity contribution in [1.82, 2.24) is 34.5 Å². The molecule has 0 aliphatic rings. The van der Waals surface area contributed by atoms with Gasteiger partial charge in [-0.3, -0.25) is 0 Å². The van der Waals surface area contributed by atoms with E-state index >= 15 is 0 Å². The number of hydrogen-bond acceptors (Lipinski definition) is 5. The Bertz CT molecular complexity index is 1040. The monoisotopic (exact) mass is 351 g/mol. The lowest BCUT2D eigenvalue weighted by molar-refractivity contribution is 0.407. The van der Waals surface area contributed by atoms with Gasteiger partial charge in [-0.25, -0.2) is 19.3 Å². The maximum atomic E-state index is 5.49. The molecule has 0 saturated carbocycles. The third-order valence-electron chi connectivity index (χ3n) is 4.40. The van der Waals surface area contributed by atoms with Crippen molar-refractivity contribution in [2.24, 2.45) is 7.05 Å². The van der Waals surface area contributed by atoms with Gasteiger partial charge in [0, 0.05) is 18.2 Å². The minimum atomic E-state index is 0.325. The highest BCUT2D eigenvalue weighted by Crippen LogP contribution is 2.29. The summed E-state index contributed by atoms with van der Waals surface area (Å²) in [6.07, 6.45) is 3.21. The van der Waals surface area contributed by atoms with E-state index in [1.807, 2.05) is 23.9 Å². The van der Waals surface area contributed by atoms with Crippen molar-refractivity contribution in [2.75, 3.05) is 7.11 Å². The van der Waals surface area contributed by atoms with Gasteiger partial charge in [0.05, 0.1) is 19.3 Å². The fraction of sp³-hybridized carbons (Fsp3) is 0.333. The van der Waals surface area contributed by atoms with E-state index in [0.29, 0.717) is 12.5 Å². The molecule has 0 saturated heterocycles. The van der Waals surface area contributed by atoms with Gasteiger partial charge in [0.15, 0.2) is 5.65 Å². The van der Waals surface area contributed by atoms with Crippen LogP contribution in [0.1, 0.15) is 31.0 Å². The average Bonchev–Trinajstić information content (AvgIpc) is 3.33. The third kappa shape index (κ3) is 2.73. The summed E-state index contributed by atoms with van der Waals surface area (Å²) in [5.41, 5.74) is 4.88. The van der Waals surface area contributed by atoms with Gasteiger partial charge in [0.25, 0.3) is 0 Å². The quantitative estimate of drug-likeness (QED) is 0.597. The molecule has 0 fully saturated rings. The molecule has 4 aromatic rings. The van der Waals surface area contributed by atoms with Gasteiger partial charge in [-0.2, -0.15) is 10.2 Å². The molecule has 0 unspecified atom stereocenters. The minimum Gasteiger partial charge on any atom is -0.496 e. The molecule has 0 aliphatic carbocycles. The van der Waals surface area contributed by atoms with Gasteiger partial charge >= 0.3 is 0 Å². The Morgan fingerprint density at radius 1 is 1.27 bits per heavy atom. The molecule has 134 valence electrons. The molecule has 0 aliphatic heterocycles. The van der Waals surface area contributed by atoms with E-state index in [0.717, 1.165) is 39.6 Å². The third-order valence-corrected chi connectivity index (χ3v) is 4.40. The summed E-state index contributed by atoms with van der Waals surface area (Å²) in [6, 6.07) is 6.03. The fourth-order valence-electron chi connectivity index (χ4n) is 3.11. The van der Waals surface area contributed by atoms with Crippen molar-refractivity contribution >= 4 is 11.2 Å². The van der Waals surface area contributed by atoms with Crippen molar-refractivity contribution in [1.29, 1.82) is 0 Å². The zero-order valence-corrected chi connectivity index (χ0v) is 15.3. The molecule has 26 heavy (non-hydrogen) atoms. The van der Waals surface area contributed by atoms with Crippen LogP contribution >= 0.6 is 0 Å². The van der Waals surface area contributed by atoms with Crippen molar-refractivity contribution in [3.8, 4) is 17.1 Å². The van der Waals surface area contributed by atoms with Crippen molar-refractivity contribution in [3.63, 3.8) is 0 Å². The van der Waals surface area contributed by atoms with Crippen LogP contribution in [0.3, 0.4) is 0 Å². The molecule has 0 amide bonds. The van der Waals surface area contributed by atoms with Crippen LogP contribution in [-0.4, -0.2) is 41.6 Å². The zero-order chi connectivity index (χ0) is 18.3. The molecular formula is C18H21N7O. The molecule has 8 heteroatoms. The van der Waals surface area contributed by atoms with Gasteiger partial charge in [0.2, 0.25) is 0 Å². The number of ether oxygens (including phenoxy) is 1. The highest BCUT2D eigenvalue weighted by atomic mass is 16.5. The van der Waals surface area contributed by atoms with E-state index in [9.17, 15) is 0 Å². The lowest BCUT2D eigenvalue weighted by Crippen LogP contribution is -2.03. The number of hydrogen-bond donors (Lipinski definition) is 1. The van der Waals surface area contributed by atoms with Crippen LogP contribution in [0.15, 0.2) is 30.9 Å². The summed E-state index contributed by atoms with van der Waals surface area (Å²) >= 11 is 0. The lowest BCUT2D eigenvalue weighted by Gasteiger charge is -2.10. The number of fused-ring (bicyclic) bond motifs is 1. The Kier molecular flexibility index (Phi) is 3.95. The van der Waals surface area contributed by atoms with Crippen LogP contribution in [0.4, 0.5) is 0 Å². The first-order valence-corrected chi connectivity index (χ1v) is 8.49. The number of aryl methyl sites for hydroxylation is 1. The number of imidazole rings is 1. The fourth-order valence-corrected chi connectivity index (χ4v) is 3.11. The summed E-state index contributed by atoms with van der Waals surface area (Å²) in [5.74, 6) is 1.95. The zero-order valence-electron chi connectivity index (χ0n) is 15.3. The molecule has 3 aromatic heterocycles. The Morgan fingerprint density at radius 3 is 2.81 bits per heavy atom. The molecular weight excluding hydrogens is 330 g/mol. The van der Waals surface area contributed by atoms with Crippen molar-refractivity contribution in [3.05, 3.63) is 42.1 Å².